The molecule has 34 heavy (non-hydrogen) atoms. The summed E-state index contributed by atoms with van der Waals surface area (Å²) in [7, 11) is 0. The molecule has 2 unspecified atom stereocenters. The number of fused-ring (bicyclic) bond motifs is 1. The largest absolute Gasteiger partial charge is 0.394 e. The minimum atomic E-state index is -0.704. The van der Waals surface area contributed by atoms with Crippen molar-refractivity contribution in [3.05, 3.63) is 30.3 Å². The number of nitrogens with zero attached hydrogens (tertiary/aromatic N) is 1. The van der Waals surface area contributed by atoms with E-state index in [0.717, 1.165) is 6.42 Å². The first-order valence-corrected chi connectivity index (χ1v) is 13.1. The smallest absolute Gasteiger partial charge is 0.244 e. The minimum Gasteiger partial charge on any atom is -0.394 e. The first kappa shape index (κ1) is 25.0. The highest BCUT2D eigenvalue weighted by Gasteiger charge is 2.77. The Balaban J connectivity index is 1.75. The summed E-state index contributed by atoms with van der Waals surface area (Å²) >= 11 is 1.65. The maximum absolute atomic E-state index is 14.1. The lowest BCUT2D eigenvalue weighted by Crippen LogP contribution is -2.57. The highest BCUT2D eigenvalue weighted by molar-refractivity contribution is 8.02. The van der Waals surface area contributed by atoms with Crippen LogP contribution in [-0.2, 0) is 14.4 Å². The van der Waals surface area contributed by atoms with Gasteiger partial charge in [-0.15, -0.1) is 11.8 Å². The van der Waals surface area contributed by atoms with Gasteiger partial charge in [0.1, 0.15) is 6.04 Å². The van der Waals surface area contributed by atoms with Gasteiger partial charge in [0, 0.05) is 16.5 Å². The summed E-state index contributed by atoms with van der Waals surface area (Å²) in [5, 5.41) is 16.3. The molecule has 186 valence electrons. The second-order valence-electron chi connectivity index (χ2n) is 11.0. The van der Waals surface area contributed by atoms with Gasteiger partial charge in [-0.25, -0.2) is 0 Å². The van der Waals surface area contributed by atoms with E-state index in [1.807, 2.05) is 58.0 Å². The molecule has 0 saturated carbocycles. The van der Waals surface area contributed by atoms with E-state index in [1.54, 1.807) is 16.7 Å². The molecule has 6 atom stereocenters. The Bertz CT molecular complexity index is 955. The van der Waals surface area contributed by atoms with Crippen molar-refractivity contribution in [1.82, 2.24) is 10.2 Å². The molecule has 1 aromatic rings. The van der Waals surface area contributed by atoms with E-state index in [9.17, 15) is 19.5 Å². The van der Waals surface area contributed by atoms with Gasteiger partial charge in [-0.3, -0.25) is 14.4 Å². The zero-order valence-electron chi connectivity index (χ0n) is 20.7. The van der Waals surface area contributed by atoms with E-state index < -0.39 is 33.4 Å². The lowest BCUT2D eigenvalue weighted by molar-refractivity contribution is -0.143. The lowest BCUT2D eigenvalue weighted by atomic mass is 9.66. The summed E-state index contributed by atoms with van der Waals surface area (Å²) in [6.45, 7) is 9.75. The molecule has 8 heteroatoms. The van der Waals surface area contributed by atoms with Gasteiger partial charge in [-0.2, -0.15) is 0 Å². The molecule has 3 fully saturated rings. The Morgan fingerprint density at radius 1 is 1.15 bits per heavy atom. The summed E-state index contributed by atoms with van der Waals surface area (Å²) in [5.41, 5.74) is 0.697. The van der Waals surface area contributed by atoms with Crippen molar-refractivity contribution < 1.29 is 19.5 Å². The second-order valence-corrected chi connectivity index (χ2v) is 12.9. The third-order valence-corrected chi connectivity index (χ3v) is 9.55. The van der Waals surface area contributed by atoms with Crippen molar-refractivity contribution in [3.63, 3.8) is 0 Å². The predicted octanol–water partition coefficient (Wildman–Crippen LogP) is 3.04. The number of nitrogens with one attached hydrogen (secondary N) is 2. The van der Waals surface area contributed by atoms with E-state index in [4.69, 9.17) is 0 Å². The van der Waals surface area contributed by atoms with Crippen LogP contribution in [0.1, 0.15) is 53.9 Å². The molecule has 0 aliphatic carbocycles. The van der Waals surface area contributed by atoms with Gasteiger partial charge in [-0.05, 0) is 58.1 Å². The molecule has 2 bridgehead atoms. The maximum atomic E-state index is 14.1. The van der Waals surface area contributed by atoms with Gasteiger partial charge in [0.05, 0.1) is 29.2 Å². The number of carbonyl (C=O) groups is 3. The summed E-state index contributed by atoms with van der Waals surface area (Å²) in [6, 6.07) is 8.05. The number of para-hydroxylation sites is 1. The van der Waals surface area contributed by atoms with E-state index in [1.165, 1.54) is 0 Å². The third kappa shape index (κ3) is 4.02. The summed E-state index contributed by atoms with van der Waals surface area (Å²) in [6.07, 6.45) is 2.06. The molecule has 4 rings (SSSR count). The van der Waals surface area contributed by atoms with Crippen LogP contribution in [0.15, 0.2) is 30.3 Å². The molecule has 3 heterocycles. The molecule has 3 aliphatic heterocycles. The van der Waals surface area contributed by atoms with Gasteiger partial charge in [0.15, 0.2) is 0 Å². The second kappa shape index (κ2) is 9.19. The molecule has 0 radical (unpaired) electrons. The Kier molecular flexibility index (Phi) is 6.77. The number of rotatable bonds is 8. The normalized spacial score (nSPS) is 32.9. The molecule has 3 aliphatic rings. The van der Waals surface area contributed by atoms with Gasteiger partial charge in [0.25, 0.3) is 0 Å². The van der Waals surface area contributed by atoms with Crippen LogP contribution < -0.4 is 10.6 Å². The van der Waals surface area contributed by atoms with Gasteiger partial charge >= 0.3 is 0 Å². The number of benzene rings is 1. The lowest BCUT2D eigenvalue weighted by Gasteiger charge is -2.38. The molecular weight excluding hydrogens is 450 g/mol. The highest BCUT2D eigenvalue weighted by atomic mass is 32.2. The first-order valence-electron chi connectivity index (χ1n) is 12.3. The Labute approximate surface area is 206 Å². The topological polar surface area (TPSA) is 98.7 Å². The van der Waals surface area contributed by atoms with E-state index in [0.29, 0.717) is 18.5 Å². The number of aliphatic hydroxyl groups excluding tert-OH is 1. The monoisotopic (exact) mass is 487 g/mol. The van der Waals surface area contributed by atoms with Gasteiger partial charge in [-0.1, -0.05) is 32.0 Å². The fourth-order valence-corrected chi connectivity index (χ4v) is 8.73. The third-order valence-electron chi connectivity index (χ3n) is 7.57. The number of hydrogen-bond donors (Lipinski definition) is 3. The number of thioether (sulfide) groups is 1. The van der Waals surface area contributed by atoms with Crippen LogP contribution >= 0.6 is 11.8 Å². The average molecular weight is 488 g/mol. The zero-order valence-corrected chi connectivity index (χ0v) is 21.5. The zero-order chi connectivity index (χ0) is 24.8. The van der Waals surface area contributed by atoms with Crippen LogP contribution in [0, 0.1) is 17.8 Å². The fourth-order valence-electron chi connectivity index (χ4n) is 6.38. The van der Waals surface area contributed by atoms with Crippen LogP contribution in [0.2, 0.25) is 0 Å². The SMILES string of the molecule is CC(C)C[C@H](CO)N1C(=O)[C@@H]2[C@@H](C(=O)Nc3ccccc3)[C@@]3(C)CCC2(S3)C1C(=O)NC(C)C. The van der Waals surface area contributed by atoms with Gasteiger partial charge < -0.3 is 20.6 Å². The molecule has 1 spiro atoms. The Morgan fingerprint density at radius 3 is 2.41 bits per heavy atom. The van der Waals surface area contributed by atoms with Crippen molar-refractivity contribution in [3.8, 4) is 0 Å². The Morgan fingerprint density at radius 2 is 1.82 bits per heavy atom. The van der Waals surface area contributed by atoms with Crippen molar-refractivity contribution in [2.75, 3.05) is 11.9 Å². The van der Waals surface area contributed by atoms with E-state index in [2.05, 4.69) is 17.6 Å². The van der Waals surface area contributed by atoms with Crippen LogP contribution in [-0.4, -0.2) is 62.0 Å². The standard InChI is InChI=1S/C26H37N3O4S/c1-15(2)13-18(14-30)29-21(23(32)27-16(3)4)26-12-11-25(5,34-26)19(20(26)24(29)33)22(31)28-17-9-7-6-8-10-17/h6-10,15-16,18-21,30H,11-14H2,1-5H3,(H,27,32)(H,28,31)/t18-,19+,20+,21?,25-,26?/m1/s1. The van der Waals surface area contributed by atoms with Crippen molar-refractivity contribution >= 4 is 35.2 Å². The van der Waals surface area contributed by atoms with Crippen molar-refractivity contribution in [1.29, 1.82) is 0 Å². The molecule has 3 N–H and O–H groups in total. The molecular formula is C26H37N3O4S. The maximum Gasteiger partial charge on any atom is 0.244 e. The van der Waals surface area contributed by atoms with Gasteiger partial charge in [0.2, 0.25) is 17.7 Å². The quantitative estimate of drug-likeness (QED) is 0.524. The number of carbonyl (C=O) groups excluding carboxylic acids is 3. The first-order chi connectivity index (χ1) is 16.0. The number of aliphatic hydroxyl groups is 1. The summed E-state index contributed by atoms with van der Waals surface area (Å²) in [4.78, 5) is 43.0. The number of anilines is 1. The van der Waals surface area contributed by atoms with E-state index >= 15 is 0 Å². The number of hydrogen-bond acceptors (Lipinski definition) is 5. The predicted molar refractivity (Wildman–Crippen MR) is 134 cm³/mol. The van der Waals surface area contributed by atoms with Crippen molar-refractivity contribution in [2.24, 2.45) is 17.8 Å². The van der Waals surface area contributed by atoms with Crippen LogP contribution in [0.25, 0.3) is 0 Å². The number of likely N-dealkylation sites (tertiary alicyclic amines) is 1. The molecule has 3 amide bonds. The van der Waals surface area contributed by atoms with Crippen LogP contribution in [0.4, 0.5) is 5.69 Å². The van der Waals surface area contributed by atoms with Crippen LogP contribution in [0.3, 0.4) is 0 Å². The highest BCUT2D eigenvalue weighted by Crippen LogP contribution is 2.71. The molecule has 0 aromatic heterocycles. The van der Waals surface area contributed by atoms with E-state index in [-0.39, 0.29) is 36.3 Å². The molecule has 3 saturated heterocycles. The average Bonchev–Trinajstić information content (AvgIpc) is 3.33. The molecule has 7 nitrogen and oxygen atoms in total. The summed E-state index contributed by atoms with van der Waals surface area (Å²) in [5.74, 6) is -1.42. The molecule has 1 aromatic carbocycles. The number of amides is 3. The Hall–Kier alpha value is -2.06. The minimum absolute atomic E-state index is 0.0751. The van der Waals surface area contributed by atoms with Crippen molar-refractivity contribution in [2.45, 2.75) is 81.5 Å². The fraction of sp³-hybridized carbons (Fsp3) is 0.654. The van der Waals surface area contributed by atoms with Crippen LogP contribution in [0.5, 0.6) is 0 Å². The summed E-state index contributed by atoms with van der Waals surface area (Å²) < 4.78 is -1.09.